The Hall–Kier alpha value is -0.890. The van der Waals surface area contributed by atoms with Crippen LogP contribution in [0.2, 0.25) is 0 Å². The average molecular weight is 213 g/mol. The van der Waals surface area contributed by atoms with Gasteiger partial charge in [0.15, 0.2) is 11.6 Å². The van der Waals surface area contributed by atoms with Crippen molar-refractivity contribution < 1.29 is 9.59 Å². The summed E-state index contributed by atoms with van der Waals surface area (Å²) in [6, 6.07) is 0. The number of ketones is 2. The van der Waals surface area contributed by atoms with E-state index < -0.39 is 0 Å². The van der Waals surface area contributed by atoms with E-state index in [4.69, 9.17) is 11.6 Å². The van der Waals surface area contributed by atoms with Crippen LogP contribution in [-0.4, -0.2) is 17.4 Å². The Morgan fingerprint density at radius 1 is 1.21 bits per heavy atom. The number of rotatable bonds is 1. The average Bonchev–Trinajstić information content (AvgIpc) is 2.06. The van der Waals surface area contributed by atoms with Gasteiger partial charge in [0, 0.05) is 11.1 Å². The Morgan fingerprint density at radius 2 is 1.79 bits per heavy atom. The molecule has 0 saturated heterocycles. The number of hydrogen-bond acceptors (Lipinski definition) is 2. The van der Waals surface area contributed by atoms with Crippen LogP contribution < -0.4 is 0 Å². The van der Waals surface area contributed by atoms with Crippen LogP contribution in [0.15, 0.2) is 23.3 Å². The zero-order valence-corrected chi connectivity index (χ0v) is 9.31. The number of alkyl halides is 1. The highest BCUT2D eigenvalue weighted by atomic mass is 35.5. The topological polar surface area (TPSA) is 34.1 Å². The Kier molecular flexibility index (Phi) is 2.95. The fourth-order valence-corrected chi connectivity index (χ4v) is 1.51. The summed E-state index contributed by atoms with van der Waals surface area (Å²) in [5.74, 6) is -0.157. The van der Waals surface area contributed by atoms with Gasteiger partial charge in [0.25, 0.3) is 0 Å². The predicted octanol–water partition coefficient (Wildman–Crippen LogP) is 2.28. The van der Waals surface area contributed by atoms with Crippen molar-refractivity contribution in [2.75, 3.05) is 5.88 Å². The van der Waals surface area contributed by atoms with Crippen LogP contribution in [0, 0.1) is 5.41 Å². The van der Waals surface area contributed by atoms with Gasteiger partial charge in [-0.05, 0) is 17.6 Å². The van der Waals surface area contributed by atoms with Gasteiger partial charge in [0.2, 0.25) is 0 Å². The van der Waals surface area contributed by atoms with E-state index in [0.717, 1.165) is 0 Å². The summed E-state index contributed by atoms with van der Waals surface area (Å²) in [6.07, 6.45) is 2.71. The van der Waals surface area contributed by atoms with E-state index in [1.807, 2.05) is 20.8 Å². The molecule has 0 amide bonds. The molecule has 1 rings (SSSR count). The number of carbonyl (C=O) groups excluding carboxylic acids is 2. The molecule has 0 spiro atoms. The van der Waals surface area contributed by atoms with E-state index in [-0.39, 0.29) is 22.9 Å². The molecule has 0 aromatic carbocycles. The van der Waals surface area contributed by atoms with Crippen molar-refractivity contribution in [3.8, 4) is 0 Å². The second-order valence-corrected chi connectivity index (χ2v) is 4.61. The third kappa shape index (κ3) is 2.13. The second-order valence-electron chi connectivity index (χ2n) is 4.34. The van der Waals surface area contributed by atoms with Gasteiger partial charge in [0.05, 0.1) is 5.88 Å². The van der Waals surface area contributed by atoms with Gasteiger partial charge in [-0.3, -0.25) is 9.59 Å². The van der Waals surface area contributed by atoms with Crippen LogP contribution >= 0.6 is 11.6 Å². The largest absolute Gasteiger partial charge is 0.290 e. The summed E-state index contributed by atoms with van der Waals surface area (Å²) in [4.78, 5) is 23.0. The van der Waals surface area contributed by atoms with E-state index in [1.165, 1.54) is 12.2 Å². The van der Waals surface area contributed by atoms with Gasteiger partial charge < -0.3 is 0 Å². The Morgan fingerprint density at radius 3 is 2.21 bits per heavy atom. The first kappa shape index (κ1) is 11.2. The fraction of sp³-hybridized carbons (Fsp3) is 0.455. The molecule has 0 radical (unpaired) electrons. The van der Waals surface area contributed by atoms with Gasteiger partial charge in [-0.2, -0.15) is 0 Å². The van der Waals surface area contributed by atoms with Gasteiger partial charge in [-0.1, -0.05) is 20.8 Å². The zero-order valence-electron chi connectivity index (χ0n) is 8.56. The Bertz CT molecular complexity index is 343. The standard InChI is InChI=1S/C11H13ClO2/c1-11(2,3)9-5-8(13)4-7(6-12)10(9)14/h4-5H,6H2,1-3H3. The molecule has 0 N–H and O–H groups in total. The van der Waals surface area contributed by atoms with Gasteiger partial charge in [0.1, 0.15) is 0 Å². The number of halogens is 1. The van der Waals surface area contributed by atoms with Crippen LogP contribution in [0.3, 0.4) is 0 Å². The molecule has 0 saturated carbocycles. The lowest BCUT2D eigenvalue weighted by Crippen LogP contribution is -2.24. The normalized spacial score (nSPS) is 18.0. The summed E-state index contributed by atoms with van der Waals surface area (Å²) in [5, 5.41) is 0. The monoisotopic (exact) mass is 212 g/mol. The number of carbonyl (C=O) groups is 2. The minimum Gasteiger partial charge on any atom is -0.290 e. The molecule has 1 aliphatic carbocycles. The van der Waals surface area contributed by atoms with E-state index in [2.05, 4.69) is 0 Å². The predicted molar refractivity (Wildman–Crippen MR) is 56.4 cm³/mol. The van der Waals surface area contributed by atoms with Crippen molar-refractivity contribution in [2.24, 2.45) is 5.41 Å². The van der Waals surface area contributed by atoms with E-state index in [9.17, 15) is 9.59 Å². The fourth-order valence-electron chi connectivity index (χ4n) is 1.32. The minimum atomic E-state index is -0.307. The van der Waals surface area contributed by atoms with Gasteiger partial charge in [-0.15, -0.1) is 11.6 Å². The van der Waals surface area contributed by atoms with Crippen LogP contribution in [0.1, 0.15) is 20.8 Å². The Labute approximate surface area is 88.6 Å². The summed E-state index contributed by atoms with van der Waals surface area (Å²) >= 11 is 5.59. The zero-order chi connectivity index (χ0) is 10.9. The maximum atomic E-state index is 11.8. The molecule has 76 valence electrons. The molecule has 2 nitrogen and oxygen atoms in total. The van der Waals surface area contributed by atoms with E-state index in [1.54, 1.807) is 0 Å². The first-order valence-electron chi connectivity index (χ1n) is 4.43. The smallest absolute Gasteiger partial charge is 0.187 e. The SMILES string of the molecule is CC(C)(C)C1=CC(=O)C=C(CCl)C1=O. The lowest BCUT2D eigenvalue weighted by atomic mass is 9.79. The molecule has 0 aromatic heterocycles. The van der Waals surface area contributed by atoms with Crippen LogP contribution in [0.25, 0.3) is 0 Å². The number of Topliss-reactive ketones (excluding diaryl/α,β-unsaturated/α-hetero) is 1. The molecule has 1 aliphatic rings. The van der Waals surface area contributed by atoms with E-state index in [0.29, 0.717) is 11.1 Å². The number of allylic oxidation sites excluding steroid dienone is 4. The minimum absolute atomic E-state index is 0.0952. The first-order chi connectivity index (χ1) is 6.36. The van der Waals surface area contributed by atoms with Crippen molar-refractivity contribution >= 4 is 23.2 Å². The second kappa shape index (κ2) is 3.70. The molecule has 0 unspecified atom stereocenters. The molecule has 0 aliphatic heterocycles. The quantitative estimate of drug-likeness (QED) is 0.494. The molecular weight excluding hydrogens is 200 g/mol. The highest BCUT2D eigenvalue weighted by Crippen LogP contribution is 2.30. The van der Waals surface area contributed by atoms with Gasteiger partial charge >= 0.3 is 0 Å². The Balaban J connectivity index is 3.12. The summed E-state index contributed by atoms with van der Waals surface area (Å²) in [5.41, 5.74) is 0.628. The van der Waals surface area contributed by atoms with Crippen LogP contribution in [0.5, 0.6) is 0 Å². The molecule has 3 heteroatoms. The highest BCUT2D eigenvalue weighted by molar-refractivity contribution is 6.28. The van der Waals surface area contributed by atoms with Crippen molar-refractivity contribution in [1.29, 1.82) is 0 Å². The highest BCUT2D eigenvalue weighted by Gasteiger charge is 2.29. The molecule has 0 aromatic rings. The van der Waals surface area contributed by atoms with Crippen LogP contribution in [-0.2, 0) is 9.59 Å². The molecule has 0 fully saturated rings. The van der Waals surface area contributed by atoms with Gasteiger partial charge in [-0.25, -0.2) is 0 Å². The third-order valence-corrected chi connectivity index (χ3v) is 2.38. The third-order valence-electron chi connectivity index (χ3n) is 2.09. The van der Waals surface area contributed by atoms with Crippen LogP contribution in [0.4, 0.5) is 0 Å². The van der Waals surface area contributed by atoms with Crippen molar-refractivity contribution in [1.82, 2.24) is 0 Å². The summed E-state index contributed by atoms with van der Waals surface area (Å²) < 4.78 is 0. The first-order valence-corrected chi connectivity index (χ1v) is 4.97. The number of hydrogen-bond donors (Lipinski definition) is 0. The maximum absolute atomic E-state index is 11.8. The molecular formula is C11H13ClO2. The van der Waals surface area contributed by atoms with Crippen molar-refractivity contribution in [2.45, 2.75) is 20.8 Å². The summed E-state index contributed by atoms with van der Waals surface area (Å²) in [7, 11) is 0. The molecule has 0 heterocycles. The maximum Gasteiger partial charge on any atom is 0.187 e. The lowest BCUT2D eigenvalue weighted by Gasteiger charge is -2.24. The van der Waals surface area contributed by atoms with E-state index >= 15 is 0 Å². The molecule has 0 bridgehead atoms. The lowest BCUT2D eigenvalue weighted by molar-refractivity contribution is -0.116. The summed E-state index contributed by atoms with van der Waals surface area (Å²) in [6.45, 7) is 5.71. The molecule has 0 atom stereocenters. The van der Waals surface area contributed by atoms with Crippen molar-refractivity contribution in [3.63, 3.8) is 0 Å². The molecule has 14 heavy (non-hydrogen) atoms. The van der Waals surface area contributed by atoms with Crippen molar-refractivity contribution in [3.05, 3.63) is 23.3 Å².